The van der Waals surface area contributed by atoms with Crippen LogP contribution in [0.15, 0.2) is 42.5 Å². The number of hydrogen-bond donors (Lipinski definition) is 0. The van der Waals surface area contributed by atoms with E-state index >= 15 is 0 Å². The number of fused-ring (bicyclic) bond motifs is 1. The fraction of sp³-hybridized carbons (Fsp3) is 0.278. The molecule has 0 saturated carbocycles. The maximum absolute atomic E-state index is 12.9. The maximum Gasteiger partial charge on any atom is 0.416 e. The Morgan fingerprint density at radius 3 is 2.67 bits per heavy atom. The van der Waals surface area contributed by atoms with Crippen molar-refractivity contribution in [2.75, 3.05) is 18.1 Å². The van der Waals surface area contributed by atoms with Gasteiger partial charge in [0.2, 0.25) is 0 Å². The summed E-state index contributed by atoms with van der Waals surface area (Å²) in [4.78, 5) is 24.2. The number of rotatable bonds is 4. The van der Waals surface area contributed by atoms with Crippen LogP contribution in [-0.4, -0.2) is 24.0 Å². The third kappa shape index (κ3) is 4.02. The first-order valence-electron chi connectivity index (χ1n) is 8.14. The second-order valence-electron chi connectivity index (χ2n) is 6.00. The number of halogens is 3. The van der Waals surface area contributed by atoms with Gasteiger partial charge in [-0.3, -0.25) is 14.9 Å². The maximum atomic E-state index is 12.9. The van der Waals surface area contributed by atoms with Crippen molar-refractivity contribution < 1.29 is 27.6 Å². The normalized spacial score (nSPS) is 13.8. The van der Waals surface area contributed by atoms with Gasteiger partial charge in [0, 0.05) is 18.3 Å². The smallest absolute Gasteiger partial charge is 0.416 e. The monoisotopic (exact) mass is 380 g/mol. The molecular formula is C18H15F3N2O4. The van der Waals surface area contributed by atoms with Crippen LogP contribution in [0, 0.1) is 10.1 Å². The van der Waals surface area contributed by atoms with Gasteiger partial charge in [0.1, 0.15) is 0 Å². The predicted octanol–water partition coefficient (Wildman–Crippen LogP) is 3.97. The fourth-order valence-corrected chi connectivity index (χ4v) is 2.98. The third-order valence-corrected chi connectivity index (χ3v) is 4.24. The van der Waals surface area contributed by atoms with Crippen molar-refractivity contribution in [3.05, 3.63) is 63.7 Å². The van der Waals surface area contributed by atoms with Gasteiger partial charge in [-0.1, -0.05) is 12.1 Å². The van der Waals surface area contributed by atoms with Crippen molar-refractivity contribution in [2.24, 2.45) is 0 Å². The second-order valence-corrected chi connectivity index (χ2v) is 6.00. The molecule has 0 saturated heterocycles. The SMILES string of the molecule is O=C(COc1ccccc1[N+](=O)[O-])N1CCCc2cc(C(F)(F)F)ccc21. The molecule has 9 heteroatoms. The Kier molecular flexibility index (Phi) is 5.02. The topological polar surface area (TPSA) is 72.7 Å². The molecule has 6 nitrogen and oxygen atoms in total. The van der Waals surface area contributed by atoms with E-state index in [0.717, 1.165) is 12.1 Å². The average Bonchev–Trinajstić information content (AvgIpc) is 2.64. The van der Waals surface area contributed by atoms with Gasteiger partial charge in [-0.15, -0.1) is 0 Å². The highest BCUT2D eigenvalue weighted by Gasteiger charge is 2.32. The molecule has 0 radical (unpaired) electrons. The molecular weight excluding hydrogens is 365 g/mol. The minimum absolute atomic E-state index is 0.0412. The lowest BCUT2D eigenvalue weighted by atomic mass is 9.99. The zero-order chi connectivity index (χ0) is 19.6. The van der Waals surface area contributed by atoms with Crippen molar-refractivity contribution in [2.45, 2.75) is 19.0 Å². The molecule has 0 bridgehead atoms. The van der Waals surface area contributed by atoms with Gasteiger partial charge in [-0.2, -0.15) is 13.2 Å². The number of anilines is 1. The summed E-state index contributed by atoms with van der Waals surface area (Å²) in [5.41, 5.74) is -0.175. The molecule has 1 aliphatic heterocycles. The van der Waals surface area contributed by atoms with Gasteiger partial charge >= 0.3 is 11.9 Å². The first kappa shape index (κ1) is 18.7. The first-order valence-corrected chi connectivity index (χ1v) is 8.14. The first-order chi connectivity index (χ1) is 12.8. The molecule has 0 fully saturated rings. The molecule has 2 aromatic carbocycles. The number of alkyl halides is 3. The van der Waals surface area contributed by atoms with E-state index in [4.69, 9.17) is 4.74 Å². The summed E-state index contributed by atoms with van der Waals surface area (Å²) >= 11 is 0. The molecule has 0 spiro atoms. The molecule has 0 unspecified atom stereocenters. The van der Waals surface area contributed by atoms with Crippen LogP contribution in [0.5, 0.6) is 5.75 Å². The zero-order valence-corrected chi connectivity index (χ0v) is 14.0. The van der Waals surface area contributed by atoms with Gasteiger partial charge in [0.15, 0.2) is 12.4 Å². The van der Waals surface area contributed by atoms with Gasteiger partial charge < -0.3 is 9.64 Å². The van der Waals surface area contributed by atoms with E-state index in [2.05, 4.69) is 0 Å². The molecule has 3 rings (SSSR count). The number of para-hydroxylation sites is 2. The van der Waals surface area contributed by atoms with Crippen LogP contribution in [-0.2, 0) is 17.4 Å². The molecule has 0 atom stereocenters. The lowest BCUT2D eigenvalue weighted by Crippen LogP contribution is -2.38. The number of nitrogens with zero attached hydrogens (tertiary/aromatic N) is 2. The van der Waals surface area contributed by atoms with E-state index < -0.39 is 29.2 Å². The summed E-state index contributed by atoms with van der Waals surface area (Å²) in [5.74, 6) is -0.519. The van der Waals surface area contributed by atoms with Crippen LogP contribution in [0.3, 0.4) is 0 Å². The molecule has 27 heavy (non-hydrogen) atoms. The number of carbonyl (C=O) groups is 1. The minimum atomic E-state index is -4.45. The standard InChI is InChI=1S/C18H15F3N2O4/c19-18(20,21)13-7-8-14-12(10-13)4-3-9-22(14)17(24)11-27-16-6-2-1-5-15(16)23(25)26/h1-2,5-8,10H,3-4,9,11H2. The van der Waals surface area contributed by atoms with Crippen molar-refractivity contribution in [1.82, 2.24) is 0 Å². The third-order valence-electron chi connectivity index (χ3n) is 4.24. The highest BCUT2D eigenvalue weighted by atomic mass is 19.4. The van der Waals surface area contributed by atoms with Crippen molar-refractivity contribution in [3.8, 4) is 5.75 Å². The van der Waals surface area contributed by atoms with E-state index in [-0.39, 0.29) is 11.4 Å². The number of nitro groups is 1. The summed E-state index contributed by atoms with van der Waals surface area (Å²) in [6.07, 6.45) is -3.49. The Balaban J connectivity index is 1.77. The quantitative estimate of drug-likeness (QED) is 0.594. The van der Waals surface area contributed by atoms with Crippen molar-refractivity contribution in [1.29, 1.82) is 0 Å². The second kappa shape index (κ2) is 7.26. The van der Waals surface area contributed by atoms with E-state index in [0.29, 0.717) is 30.6 Å². The number of carbonyl (C=O) groups excluding carboxylic acids is 1. The Labute approximate surface area is 152 Å². The van der Waals surface area contributed by atoms with Crippen LogP contribution in [0.25, 0.3) is 0 Å². The van der Waals surface area contributed by atoms with Crippen LogP contribution >= 0.6 is 0 Å². The molecule has 1 amide bonds. The number of ether oxygens (including phenoxy) is 1. The summed E-state index contributed by atoms with van der Waals surface area (Å²) in [6, 6.07) is 8.93. The lowest BCUT2D eigenvalue weighted by molar-refractivity contribution is -0.385. The molecule has 0 N–H and O–H groups in total. The lowest BCUT2D eigenvalue weighted by Gasteiger charge is -2.30. The summed E-state index contributed by atoms with van der Waals surface area (Å²) in [6.45, 7) is -0.108. The summed E-state index contributed by atoms with van der Waals surface area (Å²) < 4.78 is 43.9. The van der Waals surface area contributed by atoms with Crippen LogP contribution in [0.4, 0.5) is 24.5 Å². The minimum Gasteiger partial charge on any atom is -0.477 e. The van der Waals surface area contributed by atoms with Crippen LogP contribution in [0.2, 0.25) is 0 Å². The highest BCUT2D eigenvalue weighted by molar-refractivity contribution is 5.95. The van der Waals surface area contributed by atoms with Crippen molar-refractivity contribution in [3.63, 3.8) is 0 Å². The van der Waals surface area contributed by atoms with E-state index in [1.54, 1.807) is 6.07 Å². The number of benzene rings is 2. The van der Waals surface area contributed by atoms with Gasteiger partial charge in [-0.25, -0.2) is 0 Å². The summed E-state index contributed by atoms with van der Waals surface area (Å²) in [5, 5.41) is 11.0. The Morgan fingerprint density at radius 2 is 1.96 bits per heavy atom. The van der Waals surface area contributed by atoms with Crippen LogP contribution < -0.4 is 9.64 Å². The summed E-state index contributed by atoms with van der Waals surface area (Å²) in [7, 11) is 0. The van der Waals surface area contributed by atoms with Crippen LogP contribution in [0.1, 0.15) is 17.5 Å². The van der Waals surface area contributed by atoms with Gasteiger partial charge in [-0.05, 0) is 42.7 Å². The average molecular weight is 380 g/mol. The molecule has 1 aliphatic rings. The Morgan fingerprint density at radius 1 is 1.22 bits per heavy atom. The van der Waals surface area contributed by atoms with E-state index in [1.807, 2.05) is 0 Å². The van der Waals surface area contributed by atoms with E-state index in [1.165, 1.54) is 29.2 Å². The molecule has 0 aliphatic carbocycles. The van der Waals surface area contributed by atoms with Crippen molar-refractivity contribution >= 4 is 17.3 Å². The number of nitro benzene ring substituents is 1. The number of hydrogen-bond acceptors (Lipinski definition) is 4. The van der Waals surface area contributed by atoms with Gasteiger partial charge in [0.25, 0.3) is 5.91 Å². The molecule has 142 valence electrons. The number of amides is 1. The largest absolute Gasteiger partial charge is 0.477 e. The van der Waals surface area contributed by atoms with E-state index in [9.17, 15) is 28.1 Å². The predicted molar refractivity (Wildman–Crippen MR) is 90.7 cm³/mol. The fourth-order valence-electron chi connectivity index (χ4n) is 2.98. The molecule has 1 heterocycles. The van der Waals surface area contributed by atoms with Gasteiger partial charge in [0.05, 0.1) is 10.5 Å². The Bertz CT molecular complexity index is 883. The number of aryl methyl sites for hydroxylation is 1. The molecule has 0 aromatic heterocycles. The molecule has 2 aromatic rings. The Hall–Kier alpha value is -3.10. The highest BCUT2D eigenvalue weighted by Crippen LogP contribution is 2.35. The zero-order valence-electron chi connectivity index (χ0n) is 14.0.